The molecule has 142 valence electrons. The summed E-state index contributed by atoms with van der Waals surface area (Å²) in [5.41, 5.74) is 2.80. The second-order valence-electron chi connectivity index (χ2n) is 6.42. The highest BCUT2D eigenvalue weighted by Crippen LogP contribution is 2.22. The number of hydrogen-bond acceptors (Lipinski definition) is 4. The Morgan fingerprint density at radius 1 is 1.26 bits per heavy atom. The molecule has 3 rings (SSSR count). The van der Waals surface area contributed by atoms with E-state index in [1.165, 1.54) is 0 Å². The van der Waals surface area contributed by atoms with Crippen molar-refractivity contribution < 1.29 is 14.4 Å². The van der Waals surface area contributed by atoms with E-state index >= 15 is 0 Å². The highest BCUT2D eigenvalue weighted by molar-refractivity contribution is 6.31. The van der Waals surface area contributed by atoms with E-state index in [0.717, 1.165) is 22.6 Å². The lowest BCUT2D eigenvalue weighted by atomic mass is 10.0. The van der Waals surface area contributed by atoms with E-state index < -0.39 is 0 Å². The Hall–Kier alpha value is -2.53. The van der Waals surface area contributed by atoms with Gasteiger partial charge in [-0.05, 0) is 41.5 Å². The van der Waals surface area contributed by atoms with Crippen LogP contribution >= 0.6 is 11.6 Å². The maximum atomic E-state index is 12.4. The lowest BCUT2D eigenvalue weighted by Crippen LogP contribution is -2.37. The number of benzene rings is 2. The molecule has 1 heterocycles. The van der Waals surface area contributed by atoms with Crippen LogP contribution in [0.1, 0.15) is 30.9 Å². The van der Waals surface area contributed by atoms with Crippen LogP contribution in [0.2, 0.25) is 5.02 Å². The Kier molecular flexibility index (Phi) is 6.35. The fraction of sp³-hybridized carbons (Fsp3) is 0.333. The van der Waals surface area contributed by atoms with Gasteiger partial charge in [0.05, 0.1) is 19.4 Å². The molecule has 0 saturated carbocycles. The minimum absolute atomic E-state index is 0.0661. The molecule has 1 atom stereocenters. The number of carbonyl (C=O) groups excluding carboxylic acids is 1. The number of carbonyl (C=O) groups is 1. The number of nitrogens with zero attached hydrogens (tertiary/aromatic N) is 2. The summed E-state index contributed by atoms with van der Waals surface area (Å²) in [4.78, 5) is 19.8. The first-order valence-electron chi connectivity index (χ1n) is 8.99. The number of hydrogen-bond donors (Lipinski definition) is 0. The van der Waals surface area contributed by atoms with E-state index in [-0.39, 0.29) is 12.0 Å². The molecule has 0 bridgehead atoms. The largest absolute Gasteiger partial charge is 0.497 e. The lowest BCUT2D eigenvalue weighted by molar-refractivity contribution is -0.133. The van der Waals surface area contributed by atoms with Crippen molar-refractivity contribution in [1.29, 1.82) is 0 Å². The average molecular weight is 387 g/mol. The predicted molar refractivity (Wildman–Crippen MR) is 106 cm³/mol. The highest BCUT2D eigenvalue weighted by Gasteiger charge is 2.26. The summed E-state index contributed by atoms with van der Waals surface area (Å²) in [5.74, 6) is 0.866. The summed E-state index contributed by atoms with van der Waals surface area (Å²) in [5, 5.41) is 4.88. The molecule has 0 unspecified atom stereocenters. The third-order valence-electron chi connectivity index (χ3n) is 4.55. The SMILES string of the molecule is CCC(=O)N(Cc1ccccc1Cl)C[C@H]1CC(c2ccc(OC)cc2)=NO1. The molecule has 0 fully saturated rings. The third-order valence-corrected chi connectivity index (χ3v) is 4.92. The van der Waals surface area contributed by atoms with Crippen LogP contribution in [0.4, 0.5) is 0 Å². The van der Waals surface area contributed by atoms with Crippen LogP contribution in [0, 0.1) is 0 Å². The number of rotatable bonds is 7. The van der Waals surface area contributed by atoms with Gasteiger partial charge in [0.15, 0.2) is 6.10 Å². The van der Waals surface area contributed by atoms with Crippen LogP contribution in [0.5, 0.6) is 5.75 Å². The van der Waals surface area contributed by atoms with E-state index in [0.29, 0.717) is 31.0 Å². The molecule has 1 aliphatic heterocycles. The van der Waals surface area contributed by atoms with E-state index in [2.05, 4.69) is 5.16 Å². The monoisotopic (exact) mass is 386 g/mol. The first-order valence-corrected chi connectivity index (χ1v) is 9.36. The van der Waals surface area contributed by atoms with Crippen LogP contribution < -0.4 is 4.74 Å². The summed E-state index contributed by atoms with van der Waals surface area (Å²) in [7, 11) is 1.64. The van der Waals surface area contributed by atoms with E-state index in [1.54, 1.807) is 12.0 Å². The fourth-order valence-electron chi connectivity index (χ4n) is 3.04. The highest BCUT2D eigenvalue weighted by atomic mass is 35.5. The van der Waals surface area contributed by atoms with Gasteiger partial charge in [-0.1, -0.05) is 41.9 Å². The van der Waals surface area contributed by atoms with Crippen LogP contribution in [-0.2, 0) is 16.2 Å². The number of amides is 1. The quantitative estimate of drug-likeness (QED) is 0.713. The molecule has 0 saturated heterocycles. The predicted octanol–water partition coefficient (Wildman–Crippen LogP) is 4.28. The second kappa shape index (κ2) is 8.91. The maximum absolute atomic E-state index is 12.4. The fourth-order valence-corrected chi connectivity index (χ4v) is 3.23. The topological polar surface area (TPSA) is 51.1 Å². The molecule has 5 nitrogen and oxygen atoms in total. The van der Waals surface area contributed by atoms with E-state index in [9.17, 15) is 4.79 Å². The van der Waals surface area contributed by atoms with Gasteiger partial charge in [-0.25, -0.2) is 0 Å². The van der Waals surface area contributed by atoms with Gasteiger partial charge in [0, 0.05) is 24.4 Å². The van der Waals surface area contributed by atoms with Crippen LogP contribution in [-0.4, -0.2) is 36.3 Å². The first kappa shape index (κ1) is 19.2. The molecule has 0 spiro atoms. The number of methoxy groups -OCH3 is 1. The first-order chi connectivity index (χ1) is 13.1. The number of oxime groups is 1. The summed E-state index contributed by atoms with van der Waals surface area (Å²) < 4.78 is 5.18. The van der Waals surface area contributed by atoms with Gasteiger partial charge in [0.1, 0.15) is 5.75 Å². The Morgan fingerprint density at radius 3 is 2.67 bits per heavy atom. The average Bonchev–Trinajstić information content (AvgIpc) is 3.17. The van der Waals surface area contributed by atoms with Gasteiger partial charge in [0.2, 0.25) is 5.91 Å². The molecule has 2 aromatic rings. The van der Waals surface area contributed by atoms with Crippen molar-refractivity contribution in [3.05, 3.63) is 64.7 Å². The smallest absolute Gasteiger partial charge is 0.222 e. The molecular formula is C21H23ClN2O3. The third kappa shape index (κ3) is 4.80. The van der Waals surface area contributed by atoms with Crippen molar-refractivity contribution in [2.24, 2.45) is 5.16 Å². The normalized spacial score (nSPS) is 15.8. The molecule has 0 radical (unpaired) electrons. The molecule has 0 N–H and O–H groups in total. The lowest BCUT2D eigenvalue weighted by Gasteiger charge is -2.25. The zero-order chi connectivity index (χ0) is 19.2. The molecule has 0 aromatic heterocycles. The van der Waals surface area contributed by atoms with E-state index in [1.807, 2.05) is 55.5 Å². The molecule has 2 aromatic carbocycles. The maximum Gasteiger partial charge on any atom is 0.222 e. The Morgan fingerprint density at radius 2 is 2.00 bits per heavy atom. The van der Waals surface area contributed by atoms with E-state index in [4.69, 9.17) is 21.2 Å². The Balaban J connectivity index is 1.65. The van der Waals surface area contributed by atoms with Gasteiger partial charge in [0.25, 0.3) is 0 Å². The van der Waals surface area contributed by atoms with Gasteiger partial charge >= 0.3 is 0 Å². The standard InChI is InChI=1S/C21H23ClN2O3/c1-3-21(25)24(13-16-6-4-5-7-19(16)22)14-18-12-20(23-27-18)15-8-10-17(26-2)11-9-15/h4-11,18H,3,12-14H2,1-2H3/t18-/m1/s1. The van der Waals surface area contributed by atoms with Crippen molar-refractivity contribution in [3.8, 4) is 5.75 Å². The number of ether oxygens (including phenoxy) is 1. The summed E-state index contributed by atoms with van der Waals surface area (Å²) in [6.45, 7) is 2.79. The van der Waals surface area contributed by atoms with Crippen molar-refractivity contribution in [2.75, 3.05) is 13.7 Å². The van der Waals surface area contributed by atoms with Gasteiger partial charge in [-0.15, -0.1) is 0 Å². The molecule has 6 heteroatoms. The van der Waals surface area contributed by atoms with Crippen molar-refractivity contribution in [3.63, 3.8) is 0 Å². The van der Waals surface area contributed by atoms with Crippen molar-refractivity contribution >= 4 is 23.2 Å². The molecule has 27 heavy (non-hydrogen) atoms. The van der Waals surface area contributed by atoms with Gasteiger partial charge < -0.3 is 14.5 Å². The van der Waals surface area contributed by atoms with Crippen LogP contribution in [0.15, 0.2) is 53.7 Å². The minimum Gasteiger partial charge on any atom is -0.497 e. The molecule has 0 aliphatic carbocycles. The van der Waals surface area contributed by atoms with Crippen molar-refractivity contribution in [2.45, 2.75) is 32.4 Å². The second-order valence-corrected chi connectivity index (χ2v) is 6.82. The zero-order valence-electron chi connectivity index (χ0n) is 15.5. The summed E-state index contributed by atoms with van der Waals surface area (Å²) in [6, 6.07) is 15.3. The van der Waals surface area contributed by atoms with Crippen LogP contribution in [0.3, 0.4) is 0 Å². The molecule has 1 aliphatic rings. The summed E-state index contributed by atoms with van der Waals surface area (Å²) in [6.07, 6.45) is 0.922. The van der Waals surface area contributed by atoms with Gasteiger partial charge in [-0.3, -0.25) is 4.79 Å². The Labute approximate surface area is 164 Å². The Bertz CT molecular complexity index is 820. The van der Waals surface area contributed by atoms with Crippen LogP contribution in [0.25, 0.3) is 0 Å². The van der Waals surface area contributed by atoms with Crippen molar-refractivity contribution in [1.82, 2.24) is 4.90 Å². The minimum atomic E-state index is -0.167. The summed E-state index contributed by atoms with van der Waals surface area (Å²) >= 11 is 6.26. The molecular weight excluding hydrogens is 364 g/mol. The zero-order valence-corrected chi connectivity index (χ0v) is 16.3. The number of halogens is 1. The molecule has 1 amide bonds. The van der Waals surface area contributed by atoms with Gasteiger partial charge in [-0.2, -0.15) is 0 Å².